The van der Waals surface area contributed by atoms with Crippen molar-refractivity contribution in [1.82, 2.24) is 0 Å². The molecule has 0 saturated heterocycles. The van der Waals surface area contributed by atoms with Crippen molar-refractivity contribution in [2.75, 3.05) is 13.1 Å². The molecule has 0 aliphatic heterocycles. The smallest absolute Gasteiger partial charge is 0.203 e. The number of nitrogens with two attached hydrogens (primary N) is 2. The Hall–Kier alpha value is -0.680. The van der Waals surface area contributed by atoms with Gasteiger partial charge in [0.05, 0.1) is 0 Å². The number of rotatable bonds is 3. The molecule has 0 saturated carbocycles. The van der Waals surface area contributed by atoms with Crippen molar-refractivity contribution >= 4 is 0 Å². The second-order valence-corrected chi connectivity index (χ2v) is 2.27. The molecule has 0 spiro atoms. The molecule has 0 amide bonds. The molecule has 1 atom stereocenters. The Kier molecular flexibility index (Phi) is 11.0. The number of nitrogens with zero attached hydrogens (tertiary/aromatic N) is 1. The van der Waals surface area contributed by atoms with Gasteiger partial charge in [-0.25, -0.2) is 0 Å². The Morgan fingerprint density at radius 3 is 2.00 bits per heavy atom. The molecule has 0 rings (SSSR count). The summed E-state index contributed by atoms with van der Waals surface area (Å²) in [7, 11) is 0. The van der Waals surface area contributed by atoms with Gasteiger partial charge in [-0.15, -0.1) is 0 Å². The molecule has 0 heterocycles. The lowest BCUT2D eigenvalue weighted by molar-refractivity contribution is -0.479. The quantitative estimate of drug-likeness (QED) is 0.451. The first kappa shape index (κ1) is 12.9. The van der Waals surface area contributed by atoms with Crippen molar-refractivity contribution in [3.63, 3.8) is 0 Å². The van der Waals surface area contributed by atoms with Gasteiger partial charge in [0.1, 0.15) is 0 Å². The van der Waals surface area contributed by atoms with Gasteiger partial charge in [0.2, 0.25) is 6.54 Å². The van der Waals surface area contributed by atoms with Crippen molar-refractivity contribution in [3.8, 4) is 0 Å². The van der Waals surface area contributed by atoms with Gasteiger partial charge in [0.25, 0.3) is 0 Å². The van der Waals surface area contributed by atoms with Crippen LogP contribution in [0.3, 0.4) is 0 Å². The van der Waals surface area contributed by atoms with Crippen molar-refractivity contribution in [2.24, 2.45) is 11.5 Å². The first-order chi connectivity index (χ1) is 5.04. The molecule has 0 fully saturated rings. The maximum absolute atomic E-state index is 9.40. The zero-order valence-corrected chi connectivity index (χ0v) is 7.12. The van der Waals surface area contributed by atoms with E-state index >= 15 is 0 Å². The number of nitro groups is 1. The molecule has 1 unspecified atom stereocenters. The van der Waals surface area contributed by atoms with Gasteiger partial charge in [0, 0.05) is 23.9 Å². The fourth-order valence-corrected chi connectivity index (χ4v) is 0.183. The summed E-state index contributed by atoms with van der Waals surface area (Å²) < 4.78 is 0. The molecule has 0 radical (unpaired) electrons. The lowest BCUT2D eigenvalue weighted by atomic mass is 10.4. The Balaban J connectivity index is 0. The lowest BCUT2D eigenvalue weighted by Crippen LogP contribution is -2.25. The first-order valence-electron chi connectivity index (χ1n) is 3.62. The van der Waals surface area contributed by atoms with E-state index in [9.17, 15) is 10.1 Å². The molecule has 0 aromatic heterocycles. The van der Waals surface area contributed by atoms with Crippen LogP contribution in [0.2, 0.25) is 0 Å². The Morgan fingerprint density at radius 2 is 2.00 bits per heavy atom. The summed E-state index contributed by atoms with van der Waals surface area (Å²) in [5, 5.41) is 9.40. The summed E-state index contributed by atoms with van der Waals surface area (Å²) in [5.74, 6) is 0. The molecular weight excluding hydrogens is 146 g/mol. The second-order valence-electron chi connectivity index (χ2n) is 2.27. The van der Waals surface area contributed by atoms with E-state index in [1.54, 1.807) is 6.92 Å². The molecule has 4 N–H and O–H groups in total. The van der Waals surface area contributed by atoms with Gasteiger partial charge in [-0.1, -0.05) is 6.92 Å². The average Bonchev–Trinajstić information content (AvgIpc) is 1.89. The molecular formula is C6H17N3O2. The second kappa shape index (κ2) is 9.32. The number of hydrogen-bond donors (Lipinski definition) is 2. The summed E-state index contributed by atoms with van der Waals surface area (Å²) in [6.07, 6.45) is 0.632. The topological polar surface area (TPSA) is 95.2 Å². The van der Waals surface area contributed by atoms with Crippen molar-refractivity contribution in [3.05, 3.63) is 10.1 Å². The van der Waals surface area contributed by atoms with E-state index < -0.39 is 0 Å². The van der Waals surface area contributed by atoms with Crippen molar-refractivity contribution in [1.29, 1.82) is 0 Å². The van der Waals surface area contributed by atoms with Crippen molar-refractivity contribution < 1.29 is 4.92 Å². The molecule has 0 aliphatic rings. The minimum atomic E-state index is -0.319. The van der Waals surface area contributed by atoms with Gasteiger partial charge in [0.15, 0.2) is 0 Å². The van der Waals surface area contributed by atoms with Crippen LogP contribution in [0, 0.1) is 10.1 Å². The summed E-state index contributed by atoms with van der Waals surface area (Å²) in [6.45, 7) is 4.34. The largest absolute Gasteiger partial charge is 0.329 e. The fourth-order valence-electron chi connectivity index (χ4n) is 0.183. The van der Waals surface area contributed by atoms with E-state index in [0.29, 0.717) is 13.0 Å². The van der Waals surface area contributed by atoms with E-state index in [4.69, 9.17) is 11.5 Å². The van der Waals surface area contributed by atoms with Gasteiger partial charge in [-0.05, 0) is 6.92 Å². The van der Waals surface area contributed by atoms with E-state index in [0.717, 1.165) is 0 Å². The summed E-state index contributed by atoms with van der Waals surface area (Å²) in [6, 6.07) is 0.162. The first-order valence-corrected chi connectivity index (χ1v) is 3.62. The van der Waals surface area contributed by atoms with Crippen LogP contribution < -0.4 is 11.5 Å². The van der Waals surface area contributed by atoms with E-state index in [-0.39, 0.29) is 17.5 Å². The van der Waals surface area contributed by atoms with Crippen LogP contribution in [0.5, 0.6) is 0 Å². The Labute approximate surface area is 66.9 Å². The summed E-state index contributed by atoms with van der Waals surface area (Å²) in [5.41, 5.74) is 10.2. The highest BCUT2D eigenvalue weighted by Crippen LogP contribution is 1.72. The van der Waals surface area contributed by atoms with Crippen LogP contribution in [-0.2, 0) is 0 Å². The predicted molar refractivity (Wildman–Crippen MR) is 44.9 cm³/mol. The zero-order chi connectivity index (χ0) is 9.28. The minimum Gasteiger partial charge on any atom is -0.329 e. The van der Waals surface area contributed by atoms with Gasteiger partial charge >= 0.3 is 0 Å². The van der Waals surface area contributed by atoms with Gasteiger partial charge in [-0.3, -0.25) is 10.1 Å². The predicted octanol–water partition coefficient (Wildman–Crippen LogP) is -0.0346. The molecule has 11 heavy (non-hydrogen) atoms. The molecule has 5 nitrogen and oxygen atoms in total. The number of hydrogen-bond acceptors (Lipinski definition) is 4. The molecule has 0 bridgehead atoms. The van der Waals surface area contributed by atoms with Crippen LogP contribution in [0.25, 0.3) is 0 Å². The van der Waals surface area contributed by atoms with Crippen LogP contribution in [0.15, 0.2) is 0 Å². The molecule has 68 valence electrons. The van der Waals surface area contributed by atoms with Crippen LogP contribution >= 0.6 is 0 Å². The zero-order valence-electron chi connectivity index (χ0n) is 7.12. The Morgan fingerprint density at radius 1 is 1.64 bits per heavy atom. The van der Waals surface area contributed by atoms with Crippen LogP contribution in [0.1, 0.15) is 20.3 Å². The third kappa shape index (κ3) is 26.8. The molecule has 0 aromatic rings. The maximum Gasteiger partial charge on any atom is 0.203 e. The third-order valence-electron chi connectivity index (χ3n) is 0.778. The maximum atomic E-state index is 9.40. The molecule has 5 heteroatoms. The van der Waals surface area contributed by atoms with Gasteiger partial charge < -0.3 is 11.5 Å². The molecule has 0 aromatic carbocycles. The van der Waals surface area contributed by atoms with Crippen LogP contribution in [-0.4, -0.2) is 24.1 Å². The van der Waals surface area contributed by atoms with E-state index in [2.05, 4.69) is 0 Å². The molecule has 0 aliphatic carbocycles. The highest BCUT2D eigenvalue weighted by atomic mass is 16.6. The highest BCUT2D eigenvalue weighted by molar-refractivity contribution is 4.48. The highest BCUT2D eigenvalue weighted by Gasteiger charge is 1.85. The summed E-state index contributed by atoms with van der Waals surface area (Å²) >= 11 is 0. The van der Waals surface area contributed by atoms with E-state index in [1.165, 1.54) is 0 Å². The third-order valence-corrected chi connectivity index (χ3v) is 0.778. The standard InChI is InChI=1S/C3H10N2.C3H7NO2/c1-3(5)2-4;1-2-3-4(5)6/h3H,2,4-5H2,1H3;2-3H2,1H3. The van der Waals surface area contributed by atoms with Crippen LogP contribution in [0.4, 0.5) is 0 Å². The normalized spacial score (nSPS) is 11.3. The average molecular weight is 163 g/mol. The van der Waals surface area contributed by atoms with E-state index in [1.807, 2.05) is 6.92 Å². The van der Waals surface area contributed by atoms with Gasteiger partial charge in [-0.2, -0.15) is 0 Å². The monoisotopic (exact) mass is 163 g/mol. The lowest BCUT2D eigenvalue weighted by Gasteiger charge is -1.92. The Bertz CT molecular complexity index is 95.8. The van der Waals surface area contributed by atoms with Crippen molar-refractivity contribution in [2.45, 2.75) is 26.3 Å². The minimum absolute atomic E-state index is 0.0972. The summed E-state index contributed by atoms with van der Waals surface area (Å²) in [4.78, 5) is 9.09. The fraction of sp³-hybridized carbons (Fsp3) is 1.00. The SMILES string of the molecule is CC(N)CN.CCC[N+](=O)[O-].